The maximum atomic E-state index is 11.7. The largest absolute Gasteiger partial charge is 0.311 e. The summed E-state index contributed by atoms with van der Waals surface area (Å²) in [4.78, 5) is 13.3. The predicted octanol–water partition coefficient (Wildman–Crippen LogP) is 2.52. The molecule has 1 amide bonds. The molecule has 5 nitrogen and oxygen atoms in total. The number of unbranched alkanes of at least 4 members (excludes halogenated alkanes) is 1. The summed E-state index contributed by atoms with van der Waals surface area (Å²) in [6.07, 6.45) is 1.47. The summed E-state index contributed by atoms with van der Waals surface area (Å²) >= 11 is 3.36. The van der Waals surface area contributed by atoms with Crippen LogP contribution in [-0.2, 0) is 14.8 Å². The maximum absolute atomic E-state index is 11.7. The summed E-state index contributed by atoms with van der Waals surface area (Å²) in [5, 5.41) is 0. The summed E-state index contributed by atoms with van der Waals surface area (Å²) < 4.78 is 26.8. The van der Waals surface area contributed by atoms with Crippen LogP contribution in [0.25, 0.3) is 0 Å². The lowest BCUT2D eigenvalue weighted by Gasteiger charge is -2.21. The van der Waals surface area contributed by atoms with Gasteiger partial charge in [0, 0.05) is 30.2 Å². The van der Waals surface area contributed by atoms with Crippen molar-refractivity contribution in [2.45, 2.75) is 26.7 Å². The van der Waals surface area contributed by atoms with Crippen LogP contribution in [0.1, 0.15) is 26.7 Å². The highest BCUT2D eigenvalue weighted by atomic mass is 79.9. The van der Waals surface area contributed by atoms with E-state index < -0.39 is 10.0 Å². The second-order valence-electron chi connectivity index (χ2n) is 4.72. The van der Waals surface area contributed by atoms with E-state index in [1.165, 1.54) is 6.92 Å². The number of sulfonamides is 1. The summed E-state index contributed by atoms with van der Waals surface area (Å²) in [6, 6.07) is 7.35. The van der Waals surface area contributed by atoms with E-state index in [1.54, 1.807) is 4.90 Å². The number of nitrogens with zero attached hydrogens (tertiary/aromatic N) is 1. The molecule has 0 aliphatic heterocycles. The molecule has 0 heterocycles. The van der Waals surface area contributed by atoms with Gasteiger partial charge in [-0.15, -0.1) is 0 Å². The Kier molecular flexibility index (Phi) is 7.34. The van der Waals surface area contributed by atoms with Gasteiger partial charge in [0.05, 0.1) is 5.75 Å². The summed E-state index contributed by atoms with van der Waals surface area (Å²) in [5.74, 6) is 0.00125. The van der Waals surface area contributed by atoms with E-state index in [4.69, 9.17) is 0 Å². The van der Waals surface area contributed by atoms with Crippen LogP contribution in [0.2, 0.25) is 0 Å². The van der Waals surface area contributed by atoms with Crippen molar-refractivity contribution in [2.24, 2.45) is 0 Å². The molecule has 7 heteroatoms. The molecule has 0 spiro atoms. The van der Waals surface area contributed by atoms with E-state index in [2.05, 4.69) is 20.7 Å². The lowest BCUT2D eigenvalue weighted by atomic mass is 10.3. The van der Waals surface area contributed by atoms with E-state index in [0.717, 1.165) is 16.6 Å². The zero-order valence-corrected chi connectivity index (χ0v) is 14.7. The van der Waals surface area contributed by atoms with Crippen LogP contribution >= 0.6 is 15.9 Å². The molecule has 118 valence electrons. The van der Waals surface area contributed by atoms with Crippen molar-refractivity contribution < 1.29 is 13.2 Å². The SMILES string of the molecule is CCCCS(=O)(=O)NCCN(C(C)=O)c1cccc(Br)c1. The molecule has 0 fully saturated rings. The normalized spacial score (nSPS) is 11.4. The van der Waals surface area contributed by atoms with Crippen LogP contribution < -0.4 is 9.62 Å². The molecule has 1 rings (SSSR count). The second-order valence-corrected chi connectivity index (χ2v) is 7.56. The van der Waals surface area contributed by atoms with Crippen LogP contribution in [0.4, 0.5) is 5.69 Å². The molecular formula is C14H21BrN2O3S. The first kappa shape index (κ1) is 18.1. The van der Waals surface area contributed by atoms with Gasteiger partial charge >= 0.3 is 0 Å². The molecule has 0 atom stereocenters. The van der Waals surface area contributed by atoms with Crippen molar-refractivity contribution in [2.75, 3.05) is 23.7 Å². The molecule has 0 unspecified atom stereocenters. The van der Waals surface area contributed by atoms with Gasteiger partial charge in [-0.1, -0.05) is 35.3 Å². The number of rotatable bonds is 8. The monoisotopic (exact) mass is 376 g/mol. The summed E-state index contributed by atoms with van der Waals surface area (Å²) in [6.45, 7) is 3.92. The van der Waals surface area contributed by atoms with Gasteiger partial charge in [-0.25, -0.2) is 13.1 Å². The number of carbonyl (C=O) groups is 1. The Morgan fingerprint density at radius 2 is 2.10 bits per heavy atom. The predicted molar refractivity (Wildman–Crippen MR) is 88.9 cm³/mol. The van der Waals surface area contributed by atoms with E-state index in [-0.39, 0.29) is 18.2 Å². The van der Waals surface area contributed by atoms with Crippen molar-refractivity contribution in [1.82, 2.24) is 4.72 Å². The van der Waals surface area contributed by atoms with Gasteiger partial charge in [0.25, 0.3) is 0 Å². The molecule has 0 aliphatic rings. The van der Waals surface area contributed by atoms with Crippen LogP contribution in [0.15, 0.2) is 28.7 Å². The molecule has 0 radical (unpaired) electrons. The van der Waals surface area contributed by atoms with Gasteiger partial charge in [-0.05, 0) is 24.6 Å². The minimum atomic E-state index is -3.25. The van der Waals surface area contributed by atoms with Gasteiger partial charge in [-0.2, -0.15) is 0 Å². The smallest absolute Gasteiger partial charge is 0.223 e. The minimum Gasteiger partial charge on any atom is -0.311 e. The van der Waals surface area contributed by atoms with E-state index >= 15 is 0 Å². The zero-order chi connectivity index (χ0) is 15.9. The number of hydrogen-bond acceptors (Lipinski definition) is 3. The molecule has 0 saturated carbocycles. The Morgan fingerprint density at radius 3 is 2.67 bits per heavy atom. The van der Waals surface area contributed by atoms with Crippen LogP contribution in [0, 0.1) is 0 Å². The highest BCUT2D eigenvalue weighted by Crippen LogP contribution is 2.19. The molecule has 0 bridgehead atoms. The highest BCUT2D eigenvalue weighted by Gasteiger charge is 2.14. The third kappa shape index (κ3) is 6.58. The second kappa shape index (κ2) is 8.51. The van der Waals surface area contributed by atoms with Crippen molar-refractivity contribution in [3.8, 4) is 0 Å². The number of halogens is 1. The number of anilines is 1. The van der Waals surface area contributed by atoms with E-state index in [9.17, 15) is 13.2 Å². The number of amides is 1. The molecular weight excluding hydrogens is 356 g/mol. The van der Waals surface area contributed by atoms with Crippen molar-refractivity contribution in [3.63, 3.8) is 0 Å². The average molecular weight is 377 g/mol. The summed E-state index contributed by atoms with van der Waals surface area (Å²) in [7, 11) is -3.25. The van der Waals surface area contributed by atoms with Crippen LogP contribution in [0.5, 0.6) is 0 Å². The molecule has 0 saturated heterocycles. The van der Waals surface area contributed by atoms with Gasteiger partial charge in [0.1, 0.15) is 0 Å². The first-order chi connectivity index (χ1) is 9.85. The Hall–Kier alpha value is -0.920. The third-order valence-corrected chi connectivity index (χ3v) is 4.89. The maximum Gasteiger partial charge on any atom is 0.223 e. The topological polar surface area (TPSA) is 66.5 Å². The van der Waals surface area contributed by atoms with Crippen molar-refractivity contribution >= 4 is 37.5 Å². The van der Waals surface area contributed by atoms with Gasteiger partial charge in [0.15, 0.2) is 0 Å². The molecule has 1 aromatic carbocycles. The first-order valence-electron chi connectivity index (χ1n) is 6.86. The number of benzene rings is 1. The quantitative estimate of drug-likeness (QED) is 0.757. The van der Waals surface area contributed by atoms with Gasteiger partial charge in [-0.3, -0.25) is 4.79 Å². The first-order valence-corrected chi connectivity index (χ1v) is 9.31. The van der Waals surface area contributed by atoms with E-state index in [0.29, 0.717) is 13.0 Å². The van der Waals surface area contributed by atoms with Crippen molar-refractivity contribution in [1.29, 1.82) is 0 Å². The Morgan fingerprint density at radius 1 is 1.38 bits per heavy atom. The molecule has 1 aromatic rings. The Bertz CT molecular complexity index is 575. The third-order valence-electron chi connectivity index (χ3n) is 2.92. The number of nitrogens with one attached hydrogen (secondary N) is 1. The van der Waals surface area contributed by atoms with Crippen molar-refractivity contribution in [3.05, 3.63) is 28.7 Å². The zero-order valence-electron chi connectivity index (χ0n) is 12.3. The van der Waals surface area contributed by atoms with Crippen LogP contribution in [0.3, 0.4) is 0 Å². The van der Waals surface area contributed by atoms with Crippen LogP contribution in [-0.4, -0.2) is 33.2 Å². The number of carbonyl (C=O) groups excluding carboxylic acids is 1. The van der Waals surface area contributed by atoms with Gasteiger partial charge < -0.3 is 4.90 Å². The fraction of sp³-hybridized carbons (Fsp3) is 0.500. The van der Waals surface area contributed by atoms with Gasteiger partial charge in [0.2, 0.25) is 15.9 Å². The Labute approximate surface area is 134 Å². The molecule has 0 aliphatic carbocycles. The molecule has 21 heavy (non-hydrogen) atoms. The average Bonchev–Trinajstić information content (AvgIpc) is 2.41. The van der Waals surface area contributed by atoms with E-state index in [1.807, 2.05) is 31.2 Å². The Balaban J connectivity index is 2.63. The molecule has 1 N–H and O–H groups in total. The lowest BCUT2D eigenvalue weighted by Crippen LogP contribution is -2.38. The molecule has 0 aromatic heterocycles. The fourth-order valence-corrected chi connectivity index (χ4v) is 3.43. The standard InChI is InChI=1S/C14H21BrN2O3S/c1-3-4-10-21(19,20)16-8-9-17(12(2)18)14-7-5-6-13(15)11-14/h5-7,11,16H,3-4,8-10H2,1-2H3. The highest BCUT2D eigenvalue weighted by molar-refractivity contribution is 9.10. The summed E-state index contributed by atoms with van der Waals surface area (Å²) in [5.41, 5.74) is 0.740. The lowest BCUT2D eigenvalue weighted by molar-refractivity contribution is -0.116. The number of hydrogen-bond donors (Lipinski definition) is 1. The fourth-order valence-electron chi connectivity index (χ4n) is 1.83. The minimum absolute atomic E-state index is 0.124.